The minimum Gasteiger partial charge on any atom is -0.477 e. The number of fused-ring (bicyclic) bond motifs is 1. The van der Waals surface area contributed by atoms with E-state index < -0.39 is 12.0 Å². The summed E-state index contributed by atoms with van der Waals surface area (Å²) in [6, 6.07) is 3.07. The Morgan fingerprint density at radius 1 is 1.42 bits per heavy atom. The van der Waals surface area contributed by atoms with Gasteiger partial charge >= 0.3 is 5.97 Å². The number of carbonyl (C=O) groups is 3. The van der Waals surface area contributed by atoms with Crippen molar-refractivity contribution < 1.29 is 24.2 Å². The molecule has 0 bridgehead atoms. The number of carboxylic acid groups (broad SMARTS) is 1. The largest absolute Gasteiger partial charge is 0.477 e. The topological polar surface area (TPSA) is 95.9 Å². The third kappa shape index (κ3) is 3.04. The number of nitrogens with zero attached hydrogens (tertiary/aromatic N) is 1. The van der Waals surface area contributed by atoms with Gasteiger partial charge in [-0.1, -0.05) is 6.07 Å². The lowest BCUT2D eigenvalue weighted by Gasteiger charge is -2.50. The molecule has 4 rings (SSSR count). The lowest BCUT2D eigenvalue weighted by Crippen LogP contribution is -2.70. The fraction of sp³-hybridized carbons (Fsp3) is 0.471. The number of ether oxygens (including phenoxy) is 1. The molecule has 138 valence electrons. The maximum Gasteiger partial charge on any atom is 0.352 e. The molecule has 3 atom stereocenters. The highest BCUT2D eigenvalue weighted by molar-refractivity contribution is 8.00. The summed E-state index contributed by atoms with van der Waals surface area (Å²) >= 11 is 2.97. The Balaban J connectivity index is 1.48. The minimum absolute atomic E-state index is 0.0365. The number of thioether (sulfide) groups is 1. The van der Waals surface area contributed by atoms with Crippen molar-refractivity contribution in [3.63, 3.8) is 0 Å². The molecule has 3 aliphatic heterocycles. The van der Waals surface area contributed by atoms with E-state index >= 15 is 0 Å². The van der Waals surface area contributed by atoms with Crippen LogP contribution in [0.4, 0.5) is 0 Å². The molecule has 4 heterocycles. The molecule has 7 nitrogen and oxygen atoms in total. The number of β-lactam (4-membered cyclic amide) rings is 1. The summed E-state index contributed by atoms with van der Waals surface area (Å²) in [5.41, 5.74) is 0.711. The summed E-state index contributed by atoms with van der Waals surface area (Å²) in [6.07, 6.45) is 1.67. The van der Waals surface area contributed by atoms with E-state index in [0.29, 0.717) is 17.9 Å². The maximum absolute atomic E-state index is 12.6. The van der Waals surface area contributed by atoms with Crippen molar-refractivity contribution >= 4 is 40.9 Å². The number of hydrogen-bond donors (Lipinski definition) is 2. The molecular formula is C17H18N2O5S2. The van der Waals surface area contributed by atoms with Crippen molar-refractivity contribution in [1.82, 2.24) is 10.2 Å². The number of carboxylic acids is 1. The highest BCUT2D eigenvalue weighted by atomic mass is 32.2. The van der Waals surface area contributed by atoms with Gasteiger partial charge in [0.25, 0.3) is 5.91 Å². The van der Waals surface area contributed by atoms with E-state index in [1.807, 2.05) is 17.5 Å². The van der Waals surface area contributed by atoms with E-state index in [1.165, 1.54) is 28.0 Å². The van der Waals surface area contributed by atoms with E-state index in [4.69, 9.17) is 4.74 Å². The van der Waals surface area contributed by atoms with Crippen molar-refractivity contribution in [2.24, 2.45) is 0 Å². The number of nitrogens with one attached hydrogen (secondary N) is 1. The van der Waals surface area contributed by atoms with Crippen LogP contribution >= 0.6 is 23.1 Å². The lowest BCUT2D eigenvalue weighted by molar-refractivity contribution is -0.150. The molecule has 2 fully saturated rings. The number of amides is 2. The Bertz CT molecular complexity index is 770. The van der Waals surface area contributed by atoms with E-state index in [9.17, 15) is 19.5 Å². The van der Waals surface area contributed by atoms with Gasteiger partial charge in [-0.25, -0.2) is 4.79 Å². The molecule has 0 aromatic carbocycles. The fourth-order valence-electron chi connectivity index (χ4n) is 3.54. The van der Waals surface area contributed by atoms with Gasteiger partial charge in [-0.3, -0.25) is 14.5 Å². The first-order chi connectivity index (χ1) is 12.6. The van der Waals surface area contributed by atoms with Crippen LogP contribution in [0.2, 0.25) is 0 Å². The van der Waals surface area contributed by atoms with Gasteiger partial charge in [0.1, 0.15) is 17.1 Å². The number of thiophene rings is 1. The van der Waals surface area contributed by atoms with Crippen LogP contribution < -0.4 is 5.32 Å². The normalized spacial score (nSPS) is 27.9. The Kier molecular flexibility index (Phi) is 4.76. The van der Waals surface area contributed by atoms with Gasteiger partial charge < -0.3 is 15.2 Å². The zero-order valence-corrected chi connectivity index (χ0v) is 15.5. The van der Waals surface area contributed by atoms with Gasteiger partial charge in [-0.05, 0) is 29.9 Å². The molecule has 0 saturated carbocycles. The summed E-state index contributed by atoms with van der Waals surface area (Å²) in [5, 5.41) is 13.9. The lowest BCUT2D eigenvalue weighted by atomic mass is 9.99. The molecule has 0 unspecified atom stereocenters. The quantitative estimate of drug-likeness (QED) is 0.729. The molecular weight excluding hydrogens is 376 g/mol. The second kappa shape index (κ2) is 7.05. The zero-order chi connectivity index (χ0) is 18.3. The zero-order valence-electron chi connectivity index (χ0n) is 13.8. The van der Waals surface area contributed by atoms with Crippen molar-refractivity contribution in [2.45, 2.75) is 36.8 Å². The standard InChI is InChI=1S/C17H18N2O5S2/c20-12(7-9-3-2-6-25-9)18-13-15(21)19-14(17(22)23)10(8-26-16(13)19)11-4-1-5-24-11/h2-3,6,11,13,16H,1,4-5,7-8H2,(H,18,20)(H,22,23)/t11-,13+,16+/m0/s1. The van der Waals surface area contributed by atoms with Crippen LogP contribution in [0.25, 0.3) is 0 Å². The fourth-order valence-corrected chi connectivity index (χ4v) is 5.65. The molecule has 0 aliphatic carbocycles. The molecule has 9 heteroatoms. The van der Waals surface area contributed by atoms with Crippen LogP contribution in [-0.4, -0.2) is 57.7 Å². The smallest absolute Gasteiger partial charge is 0.352 e. The van der Waals surface area contributed by atoms with Gasteiger partial charge in [0.15, 0.2) is 0 Å². The summed E-state index contributed by atoms with van der Waals surface area (Å²) in [4.78, 5) is 38.8. The third-order valence-corrected chi connectivity index (χ3v) is 6.93. The Morgan fingerprint density at radius 3 is 2.92 bits per heavy atom. The molecule has 2 amide bonds. The van der Waals surface area contributed by atoms with Crippen LogP contribution in [0, 0.1) is 0 Å². The number of hydrogen-bond acceptors (Lipinski definition) is 6. The van der Waals surface area contributed by atoms with Gasteiger partial charge in [0, 0.05) is 17.2 Å². The van der Waals surface area contributed by atoms with E-state index in [2.05, 4.69) is 5.32 Å². The van der Waals surface area contributed by atoms with Crippen molar-refractivity contribution in [3.05, 3.63) is 33.7 Å². The number of aliphatic carboxylic acids is 1. The van der Waals surface area contributed by atoms with Crippen LogP contribution in [0.5, 0.6) is 0 Å². The van der Waals surface area contributed by atoms with Crippen LogP contribution in [0.1, 0.15) is 17.7 Å². The average molecular weight is 394 g/mol. The number of carbonyl (C=O) groups excluding carboxylic acids is 2. The highest BCUT2D eigenvalue weighted by Gasteiger charge is 2.54. The second-order valence-corrected chi connectivity index (χ2v) is 8.53. The first-order valence-corrected chi connectivity index (χ1v) is 10.3. The Morgan fingerprint density at radius 2 is 2.27 bits per heavy atom. The van der Waals surface area contributed by atoms with Gasteiger partial charge in [0.05, 0.1) is 12.5 Å². The van der Waals surface area contributed by atoms with E-state index in [0.717, 1.165) is 17.7 Å². The van der Waals surface area contributed by atoms with Crippen molar-refractivity contribution in [2.75, 3.05) is 12.4 Å². The van der Waals surface area contributed by atoms with Crippen LogP contribution in [-0.2, 0) is 25.5 Å². The van der Waals surface area contributed by atoms with E-state index in [1.54, 1.807) is 0 Å². The summed E-state index contributed by atoms with van der Waals surface area (Å²) in [6.45, 7) is 0.616. The Hall–Kier alpha value is -1.84. The first-order valence-electron chi connectivity index (χ1n) is 8.40. The van der Waals surface area contributed by atoms with Crippen molar-refractivity contribution in [3.8, 4) is 0 Å². The maximum atomic E-state index is 12.6. The number of rotatable bonds is 5. The minimum atomic E-state index is -1.11. The third-order valence-electron chi connectivity index (χ3n) is 4.75. The van der Waals surface area contributed by atoms with Gasteiger partial charge in [-0.2, -0.15) is 0 Å². The van der Waals surface area contributed by atoms with Crippen molar-refractivity contribution in [1.29, 1.82) is 0 Å². The molecule has 0 spiro atoms. The monoisotopic (exact) mass is 394 g/mol. The molecule has 2 N–H and O–H groups in total. The summed E-state index contributed by atoms with van der Waals surface area (Å²) < 4.78 is 5.62. The summed E-state index contributed by atoms with van der Waals surface area (Å²) in [7, 11) is 0. The predicted octanol–water partition coefficient (Wildman–Crippen LogP) is 1.21. The average Bonchev–Trinajstić information content (AvgIpc) is 3.32. The first kappa shape index (κ1) is 17.6. The van der Waals surface area contributed by atoms with E-state index in [-0.39, 0.29) is 35.4 Å². The van der Waals surface area contributed by atoms with Crippen LogP contribution in [0.3, 0.4) is 0 Å². The SMILES string of the molecule is O=C(Cc1cccs1)N[C@@H]1C(=O)N2C(C(=O)O)=C([C@@H]3CCCO3)CS[C@H]12. The molecule has 0 radical (unpaired) electrons. The predicted molar refractivity (Wildman–Crippen MR) is 96.7 cm³/mol. The molecule has 26 heavy (non-hydrogen) atoms. The molecule has 1 aromatic heterocycles. The highest BCUT2D eigenvalue weighted by Crippen LogP contribution is 2.42. The van der Waals surface area contributed by atoms with Gasteiger partial charge in [-0.15, -0.1) is 23.1 Å². The summed E-state index contributed by atoms with van der Waals surface area (Å²) in [5.74, 6) is -1.21. The molecule has 1 aromatic rings. The second-order valence-electron chi connectivity index (χ2n) is 6.39. The van der Waals surface area contributed by atoms with Gasteiger partial charge in [0.2, 0.25) is 5.91 Å². The molecule has 2 saturated heterocycles. The molecule has 3 aliphatic rings. The van der Waals surface area contributed by atoms with Crippen LogP contribution in [0.15, 0.2) is 28.8 Å². The Labute approximate surface area is 158 Å².